The minimum Gasteiger partial charge on any atom is -0.420 e. The van der Waals surface area contributed by atoms with Crippen LogP contribution in [0, 0.1) is 17.0 Å². The second-order valence-corrected chi connectivity index (χ2v) is 12.2. The Labute approximate surface area is 241 Å². The van der Waals surface area contributed by atoms with Crippen LogP contribution < -0.4 is 15.2 Å². The van der Waals surface area contributed by atoms with Crippen LogP contribution in [0.15, 0.2) is 58.4 Å². The summed E-state index contributed by atoms with van der Waals surface area (Å²) in [5, 5.41) is 1.95. The Hall–Kier alpha value is -3.46. The molecule has 1 aromatic heterocycles. The van der Waals surface area contributed by atoms with Crippen molar-refractivity contribution >= 4 is 23.5 Å². The van der Waals surface area contributed by atoms with Crippen LogP contribution in [-0.2, 0) is 10.5 Å². The Bertz CT molecular complexity index is 1580. The third kappa shape index (κ3) is 4.98. The number of ether oxygens (including phenoxy) is 1. The lowest BCUT2D eigenvalue weighted by Gasteiger charge is -2.43. The van der Waals surface area contributed by atoms with Gasteiger partial charge in [0.05, 0.1) is 11.5 Å². The predicted octanol–water partition coefficient (Wildman–Crippen LogP) is 6.70. The zero-order chi connectivity index (χ0) is 28.7. The summed E-state index contributed by atoms with van der Waals surface area (Å²) >= 11 is 1.44. The van der Waals surface area contributed by atoms with Crippen molar-refractivity contribution in [2.75, 3.05) is 11.6 Å². The summed E-state index contributed by atoms with van der Waals surface area (Å²) in [6.45, 7) is 2.45. The first-order valence-electron chi connectivity index (χ1n) is 14.3. The van der Waals surface area contributed by atoms with Gasteiger partial charge < -0.3 is 4.74 Å². The molecular formula is C32H32F2N2O4S. The fourth-order valence-corrected chi connectivity index (χ4v) is 7.13. The number of hydrogen-bond donors (Lipinski definition) is 0. The highest BCUT2D eigenvalue weighted by Crippen LogP contribution is 2.54. The smallest absolute Gasteiger partial charge is 0.311 e. The Kier molecular flexibility index (Phi) is 7.49. The third-order valence-electron chi connectivity index (χ3n) is 8.44. The molecule has 2 aliphatic heterocycles. The number of carbonyl (C=O) groups is 2. The fourth-order valence-electron chi connectivity index (χ4n) is 6.01. The van der Waals surface area contributed by atoms with Crippen LogP contribution in [0.3, 0.4) is 0 Å². The van der Waals surface area contributed by atoms with Gasteiger partial charge in [-0.25, -0.2) is 8.78 Å². The number of Topliss-reactive ketones (excluding diaryl/α,β-unsaturated/α-hetero) is 1. The van der Waals surface area contributed by atoms with Crippen LogP contribution in [-0.4, -0.2) is 23.0 Å². The predicted molar refractivity (Wildman–Crippen MR) is 153 cm³/mol. The molecule has 3 heterocycles. The maximum Gasteiger partial charge on any atom is 0.311 e. The summed E-state index contributed by atoms with van der Waals surface area (Å²) in [5.41, 5.74) is 0.535. The molecule has 1 unspecified atom stereocenters. The van der Waals surface area contributed by atoms with Crippen molar-refractivity contribution < 1.29 is 23.1 Å². The van der Waals surface area contributed by atoms with Gasteiger partial charge >= 0.3 is 5.97 Å². The van der Waals surface area contributed by atoms with Crippen LogP contribution >= 0.6 is 11.8 Å². The first-order valence-corrected chi connectivity index (χ1v) is 15.3. The van der Waals surface area contributed by atoms with E-state index < -0.39 is 34.5 Å². The topological polar surface area (TPSA) is 68.6 Å². The number of hydrogen-bond acceptors (Lipinski definition) is 6. The van der Waals surface area contributed by atoms with Gasteiger partial charge in [-0.15, -0.1) is 11.8 Å². The number of carbonyl (C=O) groups excluding carboxylic acids is 2. The summed E-state index contributed by atoms with van der Waals surface area (Å²) in [6, 6.07) is 11.2. The van der Waals surface area contributed by atoms with E-state index in [0.29, 0.717) is 31.4 Å². The summed E-state index contributed by atoms with van der Waals surface area (Å²) in [7, 11) is 0. The van der Waals surface area contributed by atoms with Crippen LogP contribution in [0.4, 0.5) is 8.78 Å². The summed E-state index contributed by atoms with van der Waals surface area (Å²) in [4.78, 5) is 40.7. The van der Waals surface area contributed by atoms with Crippen molar-refractivity contribution in [1.82, 2.24) is 4.68 Å². The highest BCUT2D eigenvalue weighted by Gasteiger charge is 2.57. The van der Waals surface area contributed by atoms with Gasteiger partial charge in [0.1, 0.15) is 0 Å². The standard InChI is InChI=1S/C32H32F2N2O4S/c1-2-3-4-5-6-11-26(38)40-30-24(37)14-17-35-29(30)31(39)32(15-16-32)19-36(35)28-20-12-13-23(33)27(34)22(20)18-41-25-10-8-7-9-21(25)28/h7-10,12-14,17,28H,2-6,11,15-16,18-19H2,1H3. The van der Waals surface area contributed by atoms with Gasteiger partial charge in [-0.05, 0) is 42.5 Å². The number of rotatable bonds is 8. The molecule has 0 radical (unpaired) electrons. The van der Waals surface area contributed by atoms with Gasteiger partial charge in [0.15, 0.2) is 23.1 Å². The zero-order valence-corrected chi connectivity index (χ0v) is 23.8. The molecule has 6 nitrogen and oxygen atoms in total. The molecule has 41 heavy (non-hydrogen) atoms. The first-order chi connectivity index (χ1) is 19.8. The lowest BCUT2D eigenvalue weighted by Crippen LogP contribution is -2.52. The monoisotopic (exact) mass is 578 g/mol. The number of fused-ring (bicyclic) bond motifs is 3. The second kappa shape index (κ2) is 11.1. The van der Waals surface area contributed by atoms with Crippen molar-refractivity contribution in [2.24, 2.45) is 5.41 Å². The molecule has 1 atom stereocenters. The maximum atomic E-state index is 15.2. The van der Waals surface area contributed by atoms with Crippen LogP contribution in [0.5, 0.6) is 5.75 Å². The van der Waals surface area contributed by atoms with Crippen LogP contribution in [0.25, 0.3) is 0 Å². The number of halogens is 2. The Morgan fingerprint density at radius 1 is 1.02 bits per heavy atom. The van der Waals surface area contributed by atoms with Gasteiger partial charge in [-0.2, -0.15) is 0 Å². The molecule has 9 heteroatoms. The number of unbranched alkanes of at least 4 members (excludes halogenated alkanes) is 4. The van der Waals surface area contributed by atoms with Crippen LogP contribution in [0.1, 0.15) is 91.5 Å². The number of ketones is 1. The van der Waals surface area contributed by atoms with Gasteiger partial charge in [0.25, 0.3) is 0 Å². The lowest BCUT2D eigenvalue weighted by molar-refractivity contribution is -0.134. The normalized spacial score (nSPS) is 18.4. The largest absolute Gasteiger partial charge is 0.420 e. The summed E-state index contributed by atoms with van der Waals surface area (Å²) in [6.07, 6.45) is 7.68. The van der Waals surface area contributed by atoms with E-state index in [1.807, 2.05) is 29.3 Å². The second-order valence-electron chi connectivity index (χ2n) is 11.2. The molecule has 0 N–H and O–H groups in total. The highest BCUT2D eigenvalue weighted by molar-refractivity contribution is 7.98. The molecular weight excluding hydrogens is 546 g/mol. The molecule has 6 rings (SSSR count). The maximum absolute atomic E-state index is 15.2. The molecule has 1 aliphatic carbocycles. The lowest BCUT2D eigenvalue weighted by atomic mass is 9.89. The molecule has 1 fully saturated rings. The number of benzene rings is 2. The molecule has 1 saturated carbocycles. The van der Waals surface area contributed by atoms with Crippen molar-refractivity contribution in [3.05, 3.63) is 92.9 Å². The van der Waals surface area contributed by atoms with E-state index in [4.69, 9.17) is 4.74 Å². The molecule has 2 aromatic carbocycles. The summed E-state index contributed by atoms with van der Waals surface area (Å²) < 4.78 is 36.9. The molecule has 0 bridgehead atoms. The van der Waals surface area contributed by atoms with Crippen molar-refractivity contribution in [2.45, 2.75) is 75.0 Å². The van der Waals surface area contributed by atoms with E-state index in [9.17, 15) is 18.8 Å². The van der Waals surface area contributed by atoms with E-state index in [1.54, 1.807) is 10.7 Å². The van der Waals surface area contributed by atoms with E-state index in [0.717, 1.165) is 42.2 Å². The zero-order valence-electron chi connectivity index (χ0n) is 23.0. The Morgan fingerprint density at radius 2 is 1.80 bits per heavy atom. The Morgan fingerprint density at radius 3 is 2.59 bits per heavy atom. The highest BCUT2D eigenvalue weighted by atomic mass is 32.2. The van der Waals surface area contributed by atoms with Crippen molar-refractivity contribution in [1.29, 1.82) is 0 Å². The third-order valence-corrected chi connectivity index (χ3v) is 9.55. The number of esters is 1. The molecule has 214 valence electrons. The minimum atomic E-state index is -0.908. The van der Waals surface area contributed by atoms with Gasteiger partial charge in [0, 0.05) is 41.4 Å². The van der Waals surface area contributed by atoms with E-state index in [-0.39, 0.29) is 35.0 Å². The van der Waals surface area contributed by atoms with Crippen molar-refractivity contribution in [3.63, 3.8) is 0 Å². The minimum absolute atomic E-state index is 0.0408. The van der Waals surface area contributed by atoms with Crippen molar-refractivity contribution in [3.8, 4) is 5.75 Å². The quantitative estimate of drug-likeness (QED) is 0.219. The average Bonchev–Trinajstić information content (AvgIpc) is 3.77. The summed E-state index contributed by atoms with van der Waals surface area (Å²) in [5.74, 6) is -2.55. The number of aromatic nitrogens is 1. The molecule has 3 aromatic rings. The van der Waals surface area contributed by atoms with Gasteiger partial charge in [-0.1, -0.05) is 56.9 Å². The molecule has 0 saturated heterocycles. The van der Waals surface area contributed by atoms with Gasteiger partial charge in [0.2, 0.25) is 11.2 Å². The van der Waals surface area contributed by atoms with E-state index >= 15 is 4.39 Å². The Balaban J connectivity index is 1.45. The average molecular weight is 579 g/mol. The number of nitrogens with zero attached hydrogens (tertiary/aromatic N) is 2. The first kappa shape index (κ1) is 27.7. The molecule has 0 amide bonds. The number of pyridine rings is 1. The van der Waals surface area contributed by atoms with Gasteiger partial charge in [-0.3, -0.25) is 24.1 Å². The molecule has 3 aliphatic rings. The SMILES string of the molecule is CCCCCCCC(=O)Oc1c2n(ccc1=O)N(C1c3ccccc3SCc3c1ccc(F)c3F)CC1(CC1)C2=O. The van der Waals surface area contributed by atoms with E-state index in [2.05, 4.69) is 6.92 Å². The van der Waals surface area contributed by atoms with E-state index in [1.165, 1.54) is 24.0 Å². The van der Waals surface area contributed by atoms with Crippen LogP contribution in [0.2, 0.25) is 0 Å². The molecule has 1 spiro atoms. The fraction of sp³-hybridized carbons (Fsp3) is 0.406. The number of thioether (sulfide) groups is 1.